The lowest BCUT2D eigenvalue weighted by atomic mass is 9.73. The largest absolute Gasteiger partial charge is 0.261 e. The molecule has 2 heterocycles. The molecule has 2 saturated carbocycles. The molecule has 0 aliphatic heterocycles. The SMILES string of the molecule is CCc1nccc(C)c1C1CCC(C(C)C)CC1.Cc1cncc(F)c1C1CCC(C(C)C)CC1. The highest BCUT2D eigenvalue weighted by atomic mass is 19.1. The van der Waals surface area contributed by atoms with Crippen LogP contribution >= 0.6 is 0 Å². The van der Waals surface area contributed by atoms with Gasteiger partial charge in [0, 0.05) is 18.1 Å². The molecule has 0 spiro atoms. The van der Waals surface area contributed by atoms with Gasteiger partial charge in [0.1, 0.15) is 5.82 Å². The number of rotatable bonds is 5. The Morgan fingerprint density at radius 3 is 1.74 bits per heavy atom. The minimum absolute atomic E-state index is 0.113. The maximum atomic E-state index is 13.8. The Kier molecular flexibility index (Phi) is 10.3. The van der Waals surface area contributed by atoms with Crippen molar-refractivity contribution < 1.29 is 4.39 Å². The van der Waals surface area contributed by atoms with Gasteiger partial charge in [-0.3, -0.25) is 9.97 Å². The van der Waals surface area contributed by atoms with Gasteiger partial charge in [0.25, 0.3) is 0 Å². The van der Waals surface area contributed by atoms with E-state index in [9.17, 15) is 4.39 Å². The Morgan fingerprint density at radius 2 is 1.29 bits per heavy atom. The summed E-state index contributed by atoms with van der Waals surface area (Å²) in [5.74, 6) is 4.46. The fourth-order valence-electron chi connectivity index (χ4n) is 6.67. The third-order valence-corrected chi connectivity index (χ3v) is 9.01. The van der Waals surface area contributed by atoms with Crippen molar-refractivity contribution in [1.29, 1.82) is 0 Å². The molecule has 2 fully saturated rings. The molecule has 0 unspecified atom stereocenters. The van der Waals surface area contributed by atoms with E-state index in [2.05, 4.69) is 57.6 Å². The van der Waals surface area contributed by atoms with Gasteiger partial charge >= 0.3 is 0 Å². The second kappa shape index (κ2) is 13.0. The second-order valence-corrected chi connectivity index (χ2v) is 11.9. The molecule has 2 aromatic rings. The number of halogens is 1. The lowest BCUT2D eigenvalue weighted by Gasteiger charge is -2.32. The zero-order valence-electron chi connectivity index (χ0n) is 23.4. The monoisotopic (exact) mass is 480 g/mol. The van der Waals surface area contributed by atoms with Crippen LogP contribution in [0.15, 0.2) is 24.7 Å². The van der Waals surface area contributed by atoms with E-state index in [1.807, 2.05) is 13.1 Å². The highest BCUT2D eigenvalue weighted by Gasteiger charge is 2.28. The van der Waals surface area contributed by atoms with Crippen LogP contribution in [0.2, 0.25) is 0 Å². The Bertz CT molecular complexity index is 899. The molecule has 194 valence electrons. The Labute approximate surface area is 214 Å². The summed E-state index contributed by atoms with van der Waals surface area (Å²) in [7, 11) is 0. The number of aryl methyl sites for hydroxylation is 3. The minimum Gasteiger partial charge on any atom is -0.261 e. The summed E-state index contributed by atoms with van der Waals surface area (Å²) in [6.45, 7) is 15.8. The summed E-state index contributed by atoms with van der Waals surface area (Å²) in [5, 5.41) is 0. The van der Waals surface area contributed by atoms with Crippen molar-refractivity contribution in [2.75, 3.05) is 0 Å². The van der Waals surface area contributed by atoms with Gasteiger partial charge in [0.2, 0.25) is 0 Å². The normalized spacial score (nSPS) is 24.9. The first kappa shape index (κ1) is 27.8. The van der Waals surface area contributed by atoms with Gasteiger partial charge in [-0.1, -0.05) is 34.6 Å². The molecule has 0 saturated heterocycles. The molecule has 2 aliphatic rings. The van der Waals surface area contributed by atoms with Crippen molar-refractivity contribution in [3.05, 3.63) is 58.4 Å². The van der Waals surface area contributed by atoms with Crippen LogP contribution in [0.25, 0.3) is 0 Å². The highest BCUT2D eigenvalue weighted by molar-refractivity contribution is 5.33. The van der Waals surface area contributed by atoms with Crippen LogP contribution in [-0.4, -0.2) is 9.97 Å². The molecule has 0 atom stereocenters. The van der Waals surface area contributed by atoms with Gasteiger partial charge in [-0.25, -0.2) is 4.39 Å². The van der Waals surface area contributed by atoms with Crippen LogP contribution in [0.4, 0.5) is 4.39 Å². The topological polar surface area (TPSA) is 25.8 Å². The van der Waals surface area contributed by atoms with Crippen molar-refractivity contribution in [2.45, 2.75) is 118 Å². The summed E-state index contributed by atoms with van der Waals surface area (Å²) in [6, 6.07) is 2.18. The quantitative estimate of drug-likeness (QED) is 0.426. The Hall–Kier alpha value is -1.77. The summed E-state index contributed by atoms with van der Waals surface area (Å²) in [4.78, 5) is 8.49. The zero-order chi connectivity index (χ0) is 25.5. The maximum absolute atomic E-state index is 13.8. The fraction of sp³-hybridized carbons (Fsp3) is 0.688. The third kappa shape index (κ3) is 7.14. The van der Waals surface area contributed by atoms with Gasteiger partial charge < -0.3 is 0 Å². The molecule has 0 bridgehead atoms. The van der Waals surface area contributed by atoms with E-state index in [0.717, 1.165) is 60.0 Å². The molecular formula is C32H49FN2. The van der Waals surface area contributed by atoms with Gasteiger partial charge in [-0.15, -0.1) is 0 Å². The molecule has 0 radical (unpaired) electrons. The predicted octanol–water partition coefficient (Wildman–Crippen LogP) is 9.34. The molecule has 4 rings (SSSR count). The number of hydrogen-bond acceptors (Lipinski definition) is 2. The minimum atomic E-state index is -0.113. The number of aromatic nitrogens is 2. The smallest absolute Gasteiger partial charge is 0.145 e. The van der Waals surface area contributed by atoms with Crippen molar-refractivity contribution in [3.63, 3.8) is 0 Å². The highest BCUT2D eigenvalue weighted by Crippen LogP contribution is 2.41. The van der Waals surface area contributed by atoms with Crippen LogP contribution < -0.4 is 0 Å². The molecule has 2 aliphatic carbocycles. The van der Waals surface area contributed by atoms with E-state index in [4.69, 9.17) is 0 Å². The standard InChI is InChI=1S/C17H27N.C15H22FN/c1-5-16-17(13(4)10-11-18-16)15-8-6-14(7-9-15)12(2)3;1-10(2)12-4-6-13(7-5-12)15-11(3)8-17-9-14(15)16/h10-12,14-15H,5-9H2,1-4H3;8-10,12-13H,4-7H2,1-3H3. The van der Waals surface area contributed by atoms with E-state index in [0.29, 0.717) is 5.92 Å². The summed E-state index contributed by atoms with van der Waals surface area (Å²) in [6.07, 6.45) is 16.5. The van der Waals surface area contributed by atoms with E-state index in [1.165, 1.54) is 56.0 Å². The first-order valence-corrected chi connectivity index (χ1v) is 14.3. The van der Waals surface area contributed by atoms with Gasteiger partial charge in [-0.2, -0.15) is 0 Å². The Morgan fingerprint density at radius 1 is 0.771 bits per heavy atom. The van der Waals surface area contributed by atoms with E-state index in [-0.39, 0.29) is 5.82 Å². The lowest BCUT2D eigenvalue weighted by Crippen LogP contribution is -2.19. The molecule has 3 heteroatoms. The average Bonchev–Trinajstić information content (AvgIpc) is 2.84. The first-order chi connectivity index (χ1) is 16.7. The van der Waals surface area contributed by atoms with Gasteiger partial charge in [0.15, 0.2) is 0 Å². The van der Waals surface area contributed by atoms with Gasteiger partial charge in [-0.05, 0) is 135 Å². The van der Waals surface area contributed by atoms with Crippen LogP contribution in [0.5, 0.6) is 0 Å². The summed E-state index contributed by atoms with van der Waals surface area (Å²) in [5.41, 5.74) is 6.29. The van der Waals surface area contributed by atoms with E-state index >= 15 is 0 Å². The average molecular weight is 481 g/mol. The van der Waals surface area contributed by atoms with Crippen molar-refractivity contribution in [3.8, 4) is 0 Å². The van der Waals surface area contributed by atoms with Crippen molar-refractivity contribution in [2.24, 2.45) is 23.7 Å². The van der Waals surface area contributed by atoms with E-state index < -0.39 is 0 Å². The Balaban J connectivity index is 0.000000196. The summed E-state index contributed by atoms with van der Waals surface area (Å²) >= 11 is 0. The summed E-state index contributed by atoms with van der Waals surface area (Å²) < 4.78 is 13.8. The molecule has 2 aromatic heterocycles. The fourth-order valence-corrected chi connectivity index (χ4v) is 6.67. The third-order valence-electron chi connectivity index (χ3n) is 9.01. The van der Waals surface area contributed by atoms with Crippen LogP contribution in [-0.2, 0) is 6.42 Å². The molecular weight excluding hydrogens is 431 g/mol. The molecule has 0 amide bonds. The second-order valence-electron chi connectivity index (χ2n) is 11.9. The van der Waals surface area contributed by atoms with E-state index in [1.54, 1.807) is 11.8 Å². The molecule has 0 aromatic carbocycles. The van der Waals surface area contributed by atoms with Crippen molar-refractivity contribution >= 4 is 0 Å². The number of nitrogens with zero attached hydrogens (tertiary/aromatic N) is 2. The zero-order valence-corrected chi connectivity index (χ0v) is 23.4. The van der Waals surface area contributed by atoms with Crippen LogP contribution in [0.1, 0.15) is 126 Å². The first-order valence-electron chi connectivity index (χ1n) is 14.3. The van der Waals surface area contributed by atoms with Crippen molar-refractivity contribution in [1.82, 2.24) is 9.97 Å². The van der Waals surface area contributed by atoms with Gasteiger partial charge in [0.05, 0.1) is 6.20 Å². The molecule has 35 heavy (non-hydrogen) atoms. The number of hydrogen-bond donors (Lipinski definition) is 0. The maximum Gasteiger partial charge on any atom is 0.145 e. The molecule has 2 nitrogen and oxygen atoms in total. The lowest BCUT2D eigenvalue weighted by molar-refractivity contribution is 0.256. The predicted molar refractivity (Wildman–Crippen MR) is 146 cm³/mol. The molecule has 0 N–H and O–H groups in total. The number of pyridine rings is 2. The van der Waals surface area contributed by atoms with Crippen LogP contribution in [0.3, 0.4) is 0 Å². The van der Waals surface area contributed by atoms with Crippen LogP contribution in [0, 0.1) is 43.3 Å².